The Labute approximate surface area is 105 Å². The van der Waals surface area contributed by atoms with Gasteiger partial charge in [0.15, 0.2) is 5.82 Å². The number of aromatic nitrogens is 2. The lowest BCUT2D eigenvalue weighted by Crippen LogP contribution is -2.16. The van der Waals surface area contributed by atoms with Gasteiger partial charge in [0.2, 0.25) is 5.89 Å². The van der Waals surface area contributed by atoms with Crippen LogP contribution in [0, 0.1) is 20.8 Å². The fraction of sp³-hybridized carbons (Fsp3) is 0.500. The van der Waals surface area contributed by atoms with Crippen LogP contribution >= 0.6 is 11.3 Å². The Morgan fingerprint density at radius 2 is 2.18 bits per heavy atom. The summed E-state index contributed by atoms with van der Waals surface area (Å²) in [5, 5.41) is 7.15. The van der Waals surface area contributed by atoms with Crippen molar-refractivity contribution in [2.45, 2.75) is 33.7 Å². The Balaban J connectivity index is 1.75. The minimum atomic E-state index is 0.698. The highest BCUT2D eigenvalue weighted by Gasteiger charge is 2.04. The standard InChI is InChI=1S/C12H17N3OS/c1-8-6-11(9(2)17-8)7-13-5-4-12-14-10(3)15-16-12/h6,13H,4-5,7H2,1-3H3. The van der Waals surface area contributed by atoms with E-state index in [1.807, 2.05) is 18.3 Å². The van der Waals surface area contributed by atoms with Gasteiger partial charge in [-0.1, -0.05) is 5.16 Å². The van der Waals surface area contributed by atoms with E-state index in [-0.39, 0.29) is 0 Å². The highest BCUT2D eigenvalue weighted by molar-refractivity contribution is 7.12. The summed E-state index contributed by atoms with van der Waals surface area (Å²) in [4.78, 5) is 6.92. The first-order valence-corrected chi connectivity index (χ1v) is 6.52. The number of rotatable bonds is 5. The molecule has 0 amide bonds. The Kier molecular flexibility index (Phi) is 3.91. The van der Waals surface area contributed by atoms with Crippen molar-refractivity contribution in [3.05, 3.63) is 33.1 Å². The molecule has 0 atom stereocenters. The normalized spacial score (nSPS) is 11.0. The second-order valence-electron chi connectivity index (χ2n) is 4.10. The minimum absolute atomic E-state index is 0.698. The number of thiophene rings is 1. The van der Waals surface area contributed by atoms with E-state index in [4.69, 9.17) is 4.52 Å². The molecule has 0 saturated carbocycles. The van der Waals surface area contributed by atoms with Crippen molar-refractivity contribution in [3.8, 4) is 0 Å². The molecule has 2 heterocycles. The molecule has 0 aromatic carbocycles. The SMILES string of the molecule is Cc1noc(CCNCc2cc(C)sc2C)n1. The van der Waals surface area contributed by atoms with Crippen LogP contribution in [0.1, 0.15) is 27.0 Å². The molecular formula is C12H17N3OS. The number of nitrogens with one attached hydrogen (secondary N) is 1. The summed E-state index contributed by atoms with van der Waals surface area (Å²) in [7, 11) is 0. The zero-order valence-electron chi connectivity index (χ0n) is 10.4. The van der Waals surface area contributed by atoms with E-state index in [0.717, 1.165) is 19.5 Å². The van der Waals surface area contributed by atoms with Gasteiger partial charge in [0.1, 0.15) is 0 Å². The predicted octanol–water partition coefficient (Wildman–Crippen LogP) is 2.39. The summed E-state index contributed by atoms with van der Waals surface area (Å²) in [5.41, 5.74) is 1.38. The van der Waals surface area contributed by atoms with E-state index in [9.17, 15) is 0 Å². The summed E-state index contributed by atoms with van der Waals surface area (Å²) >= 11 is 1.85. The molecule has 0 unspecified atom stereocenters. The number of aryl methyl sites for hydroxylation is 3. The smallest absolute Gasteiger partial charge is 0.227 e. The Morgan fingerprint density at radius 3 is 2.76 bits per heavy atom. The third-order valence-electron chi connectivity index (χ3n) is 2.54. The molecule has 2 aromatic heterocycles. The predicted molar refractivity (Wildman–Crippen MR) is 68.2 cm³/mol. The second-order valence-corrected chi connectivity index (χ2v) is 5.56. The summed E-state index contributed by atoms with van der Waals surface area (Å²) in [6.07, 6.45) is 0.781. The monoisotopic (exact) mass is 251 g/mol. The van der Waals surface area contributed by atoms with E-state index in [2.05, 4.69) is 35.4 Å². The number of hydrogen-bond acceptors (Lipinski definition) is 5. The number of nitrogens with zero attached hydrogens (tertiary/aromatic N) is 2. The number of hydrogen-bond donors (Lipinski definition) is 1. The molecule has 2 rings (SSSR count). The van der Waals surface area contributed by atoms with Gasteiger partial charge in [-0.15, -0.1) is 11.3 Å². The van der Waals surface area contributed by atoms with Crippen molar-refractivity contribution in [2.24, 2.45) is 0 Å². The van der Waals surface area contributed by atoms with Crippen LogP contribution in [0.15, 0.2) is 10.6 Å². The first-order valence-electron chi connectivity index (χ1n) is 5.71. The van der Waals surface area contributed by atoms with Gasteiger partial charge in [-0.2, -0.15) is 4.98 Å². The lowest BCUT2D eigenvalue weighted by atomic mass is 10.2. The fourth-order valence-electron chi connectivity index (χ4n) is 1.72. The van der Waals surface area contributed by atoms with Crippen molar-refractivity contribution in [1.82, 2.24) is 15.5 Å². The zero-order chi connectivity index (χ0) is 12.3. The van der Waals surface area contributed by atoms with Gasteiger partial charge in [0.05, 0.1) is 0 Å². The molecule has 0 aliphatic rings. The molecule has 0 aliphatic carbocycles. The van der Waals surface area contributed by atoms with Crippen LogP contribution in [-0.2, 0) is 13.0 Å². The zero-order valence-corrected chi connectivity index (χ0v) is 11.2. The molecule has 2 aromatic rings. The molecule has 0 fully saturated rings. The summed E-state index contributed by atoms with van der Waals surface area (Å²) < 4.78 is 5.05. The maximum Gasteiger partial charge on any atom is 0.227 e. The topological polar surface area (TPSA) is 51.0 Å². The molecule has 5 heteroatoms. The van der Waals surface area contributed by atoms with E-state index in [1.165, 1.54) is 15.3 Å². The molecule has 17 heavy (non-hydrogen) atoms. The van der Waals surface area contributed by atoms with Gasteiger partial charge in [0, 0.05) is 29.3 Å². The summed E-state index contributed by atoms with van der Waals surface area (Å²) in [6, 6.07) is 2.24. The Hall–Kier alpha value is -1.20. The van der Waals surface area contributed by atoms with Gasteiger partial charge < -0.3 is 9.84 Å². The third-order valence-corrected chi connectivity index (χ3v) is 3.55. The molecule has 0 bridgehead atoms. The van der Waals surface area contributed by atoms with Crippen molar-refractivity contribution in [2.75, 3.05) is 6.54 Å². The van der Waals surface area contributed by atoms with Crippen LogP contribution in [0.5, 0.6) is 0 Å². The van der Waals surface area contributed by atoms with Gasteiger partial charge in [-0.3, -0.25) is 0 Å². The van der Waals surface area contributed by atoms with Crippen molar-refractivity contribution in [3.63, 3.8) is 0 Å². The molecule has 0 aliphatic heterocycles. The minimum Gasteiger partial charge on any atom is -0.339 e. The van der Waals surface area contributed by atoms with E-state index < -0.39 is 0 Å². The molecule has 1 N–H and O–H groups in total. The van der Waals surface area contributed by atoms with Crippen LogP contribution in [0.2, 0.25) is 0 Å². The lowest BCUT2D eigenvalue weighted by Gasteiger charge is -2.01. The van der Waals surface area contributed by atoms with Crippen molar-refractivity contribution in [1.29, 1.82) is 0 Å². The maximum absolute atomic E-state index is 5.05. The average Bonchev–Trinajstić information content (AvgIpc) is 2.81. The van der Waals surface area contributed by atoms with Crippen LogP contribution < -0.4 is 5.32 Å². The van der Waals surface area contributed by atoms with Gasteiger partial charge in [-0.25, -0.2) is 0 Å². The second kappa shape index (κ2) is 5.42. The van der Waals surface area contributed by atoms with Crippen molar-refractivity contribution < 1.29 is 4.52 Å². The van der Waals surface area contributed by atoms with Gasteiger partial charge >= 0.3 is 0 Å². The summed E-state index contributed by atoms with van der Waals surface area (Å²) in [5.74, 6) is 1.40. The lowest BCUT2D eigenvalue weighted by molar-refractivity contribution is 0.372. The average molecular weight is 251 g/mol. The molecule has 0 spiro atoms. The van der Waals surface area contributed by atoms with Gasteiger partial charge in [0.25, 0.3) is 0 Å². The van der Waals surface area contributed by atoms with Crippen LogP contribution in [0.4, 0.5) is 0 Å². The third kappa shape index (κ3) is 3.38. The fourth-order valence-corrected chi connectivity index (χ4v) is 2.67. The maximum atomic E-state index is 5.05. The first kappa shape index (κ1) is 12.3. The van der Waals surface area contributed by atoms with Gasteiger partial charge in [-0.05, 0) is 32.4 Å². The van der Waals surface area contributed by atoms with E-state index >= 15 is 0 Å². The Bertz CT molecular complexity index is 490. The van der Waals surface area contributed by atoms with Crippen LogP contribution in [-0.4, -0.2) is 16.7 Å². The highest BCUT2D eigenvalue weighted by Crippen LogP contribution is 2.20. The highest BCUT2D eigenvalue weighted by atomic mass is 32.1. The van der Waals surface area contributed by atoms with E-state index in [1.54, 1.807) is 0 Å². The molecule has 4 nitrogen and oxygen atoms in total. The molecule has 92 valence electrons. The molecular weight excluding hydrogens is 234 g/mol. The van der Waals surface area contributed by atoms with Crippen LogP contribution in [0.3, 0.4) is 0 Å². The Morgan fingerprint density at radius 1 is 1.35 bits per heavy atom. The molecule has 0 radical (unpaired) electrons. The van der Waals surface area contributed by atoms with E-state index in [0.29, 0.717) is 11.7 Å². The summed E-state index contributed by atoms with van der Waals surface area (Å²) in [6.45, 7) is 7.90. The molecule has 0 saturated heterocycles. The van der Waals surface area contributed by atoms with Crippen molar-refractivity contribution >= 4 is 11.3 Å². The largest absolute Gasteiger partial charge is 0.339 e. The first-order chi connectivity index (χ1) is 8.15. The van der Waals surface area contributed by atoms with Crippen LogP contribution in [0.25, 0.3) is 0 Å². The quantitative estimate of drug-likeness (QED) is 0.829.